The quantitative estimate of drug-likeness (QED) is 0.854. The highest BCUT2D eigenvalue weighted by Crippen LogP contribution is 2.29. The Morgan fingerprint density at radius 2 is 2.05 bits per heavy atom. The van der Waals surface area contributed by atoms with Crippen molar-refractivity contribution in [2.75, 3.05) is 6.61 Å². The highest BCUT2D eigenvalue weighted by molar-refractivity contribution is 5.39. The summed E-state index contributed by atoms with van der Waals surface area (Å²) in [6, 6.07) is 7.02. The molecule has 1 aromatic carbocycles. The summed E-state index contributed by atoms with van der Waals surface area (Å²) in [4.78, 5) is 0. The van der Waals surface area contributed by atoms with Gasteiger partial charge in [-0.1, -0.05) is 37.8 Å². The van der Waals surface area contributed by atoms with Crippen molar-refractivity contribution in [2.24, 2.45) is 11.7 Å². The van der Waals surface area contributed by atoms with Gasteiger partial charge in [0.2, 0.25) is 0 Å². The summed E-state index contributed by atoms with van der Waals surface area (Å²) in [6.07, 6.45) is 11.6. The molecule has 0 amide bonds. The van der Waals surface area contributed by atoms with Gasteiger partial charge in [-0.25, -0.2) is 0 Å². The van der Waals surface area contributed by atoms with Crippen LogP contribution in [-0.4, -0.2) is 12.6 Å². The molecule has 110 valence electrons. The molecule has 20 heavy (non-hydrogen) atoms. The number of hydrogen-bond acceptors (Lipinski definition) is 2. The van der Waals surface area contributed by atoms with E-state index in [4.69, 9.17) is 10.5 Å². The van der Waals surface area contributed by atoms with Crippen LogP contribution in [0.15, 0.2) is 18.2 Å². The van der Waals surface area contributed by atoms with E-state index in [-0.39, 0.29) is 0 Å². The van der Waals surface area contributed by atoms with Crippen molar-refractivity contribution in [1.82, 2.24) is 0 Å². The van der Waals surface area contributed by atoms with Gasteiger partial charge in [0.1, 0.15) is 5.75 Å². The Balaban J connectivity index is 1.41. The Hall–Kier alpha value is -1.02. The third kappa shape index (κ3) is 3.54. The molecular formula is C18H27NO. The Labute approximate surface area is 122 Å². The molecule has 1 saturated carbocycles. The zero-order valence-electron chi connectivity index (χ0n) is 12.4. The van der Waals surface area contributed by atoms with E-state index in [1.165, 1.54) is 49.7 Å². The number of nitrogens with two attached hydrogens (primary N) is 1. The van der Waals surface area contributed by atoms with Crippen LogP contribution in [0.5, 0.6) is 5.75 Å². The summed E-state index contributed by atoms with van der Waals surface area (Å²) >= 11 is 0. The normalized spacial score (nSPS) is 19.9. The molecule has 1 atom stereocenters. The lowest BCUT2D eigenvalue weighted by atomic mass is 9.95. The number of fused-ring (bicyclic) bond motifs is 1. The maximum absolute atomic E-state index is 6.29. The summed E-state index contributed by atoms with van der Waals surface area (Å²) in [5.74, 6) is 2.05. The minimum atomic E-state index is 0.375. The first-order valence-electron chi connectivity index (χ1n) is 8.31. The number of ether oxygens (including phenoxy) is 1. The van der Waals surface area contributed by atoms with Crippen molar-refractivity contribution in [2.45, 2.75) is 63.8 Å². The SMILES string of the molecule is NC(CCc1ccc2c(c1)CCO2)CCC1CCCC1. The van der Waals surface area contributed by atoms with Crippen LogP contribution in [0.25, 0.3) is 0 Å². The van der Waals surface area contributed by atoms with E-state index >= 15 is 0 Å². The minimum absolute atomic E-state index is 0.375. The highest BCUT2D eigenvalue weighted by Gasteiger charge is 2.16. The van der Waals surface area contributed by atoms with Gasteiger partial charge in [-0.15, -0.1) is 0 Å². The van der Waals surface area contributed by atoms with Gasteiger partial charge >= 0.3 is 0 Å². The Kier molecular flexibility index (Phi) is 4.62. The number of aryl methyl sites for hydroxylation is 1. The lowest BCUT2D eigenvalue weighted by Crippen LogP contribution is -2.21. The Morgan fingerprint density at radius 3 is 2.90 bits per heavy atom. The van der Waals surface area contributed by atoms with Crippen LogP contribution in [0.3, 0.4) is 0 Å². The van der Waals surface area contributed by atoms with E-state index in [2.05, 4.69) is 18.2 Å². The fraction of sp³-hybridized carbons (Fsp3) is 0.667. The van der Waals surface area contributed by atoms with Crippen LogP contribution >= 0.6 is 0 Å². The fourth-order valence-electron chi connectivity index (χ4n) is 3.64. The maximum Gasteiger partial charge on any atom is 0.122 e. The summed E-state index contributed by atoms with van der Waals surface area (Å²) < 4.78 is 5.55. The van der Waals surface area contributed by atoms with Gasteiger partial charge in [-0.3, -0.25) is 0 Å². The summed E-state index contributed by atoms with van der Waals surface area (Å²) in [5.41, 5.74) is 9.09. The molecule has 1 heterocycles. The van der Waals surface area contributed by atoms with Gasteiger partial charge in [-0.2, -0.15) is 0 Å². The lowest BCUT2D eigenvalue weighted by molar-refractivity contribution is 0.357. The molecule has 0 bridgehead atoms. The van der Waals surface area contributed by atoms with Gasteiger partial charge in [0.15, 0.2) is 0 Å². The number of rotatable bonds is 6. The molecule has 1 aliphatic heterocycles. The molecule has 1 unspecified atom stereocenters. The van der Waals surface area contributed by atoms with Crippen LogP contribution < -0.4 is 10.5 Å². The Bertz CT molecular complexity index is 437. The van der Waals surface area contributed by atoms with Gasteiger partial charge in [0.05, 0.1) is 6.61 Å². The van der Waals surface area contributed by atoms with E-state index in [1.54, 1.807) is 0 Å². The van der Waals surface area contributed by atoms with Gasteiger partial charge in [0.25, 0.3) is 0 Å². The average molecular weight is 273 g/mol. The second-order valence-corrected chi connectivity index (χ2v) is 6.57. The van der Waals surface area contributed by atoms with Crippen molar-refractivity contribution in [3.63, 3.8) is 0 Å². The number of benzene rings is 1. The van der Waals surface area contributed by atoms with E-state index < -0.39 is 0 Å². The first-order chi connectivity index (χ1) is 9.81. The standard InChI is InChI=1S/C18H27NO/c19-17(8-5-14-3-1-2-4-14)9-6-15-7-10-18-16(13-15)11-12-20-18/h7,10,13-14,17H,1-6,8-9,11-12,19H2. The summed E-state index contributed by atoms with van der Waals surface area (Å²) in [6.45, 7) is 0.847. The van der Waals surface area contributed by atoms with Crippen LogP contribution in [-0.2, 0) is 12.8 Å². The molecule has 1 aromatic rings. The molecule has 0 saturated heterocycles. The molecule has 1 aliphatic carbocycles. The van der Waals surface area contributed by atoms with E-state index in [1.807, 2.05) is 0 Å². The van der Waals surface area contributed by atoms with Crippen molar-refractivity contribution < 1.29 is 4.74 Å². The lowest BCUT2D eigenvalue weighted by Gasteiger charge is -2.15. The monoisotopic (exact) mass is 273 g/mol. The van der Waals surface area contributed by atoms with E-state index in [0.717, 1.165) is 37.5 Å². The second kappa shape index (κ2) is 6.62. The van der Waals surface area contributed by atoms with Gasteiger partial charge in [0, 0.05) is 12.5 Å². The Morgan fingerprint density at radius 1 is 1.20 bits per heavy atom. The zero-order chi connectivity index (χ0) is 13.8. The molecule has 1 fully saturated rings. The molecule has 2 heteroatoms. The summed E-state index contributed by atoms with van der Waals surface area (Å²) in [5, 5.41) is 0. The molecule has 0 aromatic heterocycles. The van der Waals surface area contributed by atoms with Crippen molar-refractivity contribution in [3.8, 4) is 5.75 Å². The molecule has 0 spiro atoms. The average Bonchev–Trinajstić information content (AvgIpc) is 3.13. The maximum atomic E-state index is 6.29. The molecule has 2 nitrogen and oxygen atoms in total. The minimum Gasteiger partial charge on any atom is -0.493 e. The summed E-state index contributed by atoms with van der Waals surface area (Å²) in [7, 11) is 0. The molecule has 2 N–H and O–H groups in total. The smallest absolute Gasteiger partial charge is 0.122 e. The van der Waals surface area contributed by atoms with Crippen LogP contribution in [0.1, 0.15) is 56.1 Å². The van der Waals surface area contributed by atoms with Crippen molar-refractivity contribution in [1.29, 1.82) is 0 Å². The zero-order valence-corrected chi connectivity index (χ0v) is 12.4. The van der Waals surface area contributed by atoms with Gasteiger partial charge in [-0.05, 0) is 48.8 Å². The third-order valence-electron chi connectivity index (χ3n) is 4.98. The van der Waals surface area contributed by atoms with Crippen molar-refractivity contribution in [3.05, 3.63) is 29.3 Å². The van der Waals surface area contributed by atoms with E-state index in [0.29, 0.717) is 6.04 Å². The molecule has 3 rings (SSSR count). The second-order valence-electron chi connectivity index (χ2n) is 6.57. The highest BCUT2D eigenvalue weighted by atomic mass is 16.5. The van der Waals surface area contributed by atoms with Crippen LogP contribution in [0.2, 0.25) is 0 Å². The molecular weight excluding hydrogens is 246 g/mol. The van der Waals surface area contributed by atoms with E-state index in [9.17, 15) is 0 Å². The molecule has 0 radical (unpaired) electrons. The van der Waals surface area contributed by atoms with Crippen molar-refractivity contribution >= 4 is 0 Å². The predicted molar refractivity (Wildman–Crippen MR) is 83.1 cm³/mol. The predicted octanol–water partition coefficient (Wildman–Crippen LogP) is 3.85. The van der Waals surface area contributed by atoms with Gasteiger partial charge < -0.3 is 10.5 Å². The third-order valence-corrected chi connectivity index (χ3v) is 4.98. The first kappa shape index (κ1) is 13.9. The first-order valence-corrected chi connectivity index (χ1v) is 8.31. The van der Waals surface area contributed by atoms with Crippen LogP contribution in [0, 0.1) is 5.92 Å². The largest absolute Gasteiger partial charge is 0.493 e. The molecule has 2 aliphatic rings. The fourth-order valence-corrected chi connectivity index (χ4v) is 3.64. The van der Waals surface area contributed by atoms with Crippen LogP contribution in [0.4, 0.5) is 0 Å². The topological polar surface area (TPSA) is 35.2 Å². The number of hydrogen-bond donors (Lipinski definition) is 1.